The quantitative estimate of drug-likeness (QED) is 0.181. The molecule has 11 rings (SSSR count). The molecule has 0 saturated heterocycles. The summed E-state index contributed by atoms with van der Waals surface area (Å²) in [5.41, 5.74) is 15.9. The van der Waals surface area contributed by atoms with E-state index < -0.39 is 0 Å². The van der Waals surface area contributed by atoms with E-state index in [-0.39, 0.29) is 22.0 Å². The fourth-order valence-electron chi connectivity index (χ4n) is 9.91. The number of imidazole rings is 1. The van der Waals surface area contributed by atoms with Crippen molar-refractivity contribution in [3.8, 4) is 67.5 Å². The van der Waals surface area contributed by atoms with E-state index in [9.17, 15) is 5.11 Å². The maximum absolute atomic E-state index is 12.6. The molecule has 0 amide bonds. The van der Waals surface area contributed by atoms with Crippen LogP contribution in [0.2, 0.25) is 0 Å². The molecule has 3 heterocycles. The molecule has 340 valence electrons. The maximum Gasteiger partial charge on any atom is 0.153 e. The Balaban J connectivity index is 1.20. The molecule has 0 aliphatic rings. The molecule has 3 aromatic heterocycles. The third kappa shape index (κ3) is 7.76. The molecule has 8 aromatic carbocycles. The SMILES string of the molecule is CC(C)(C)c1ccc(-n2c(-c3cc(C(C)(C)C)cc(C(C)(C)C)c3O)nc3c(-c4cc(-c5ccccc5)cc(-c5cc6c(cn5)oc5c7ccccc7ccc65)c4)cccc32)c(-c2ccccc2)c1. The van der Waals surface area contributed by atoms with Gasteiger partial charge in [0.25, 0.3) is 0 Å². The molecular weight excluding hydrogens is 843 g/mol. The summed E-state index contributed by atoms with van der Waals surface area (Å²) in [4.78, 5) is 10.8. The minimum absolute atomic E-state index is 0.0874. The second kappa shape index (κ2) is 16.2. The van der Waals surface area contributed by atoms with Crippen LogP contribution in [0, 0.1) is 0 Å². The van der Waals surface area contributed by atoms with Crippen LogP contribution in [0.4, 0.5) is 0 Å². The summed E-state index contributed by atoms with van der Waals surface area (Å²) in [6, 6.07) is 60.4. The van der Waals surface area contributed by atoms with E-state index in [2.05, 4.69) is 237 Å². The Hall–Kier alpha value is -7.76. The predicted octanol–water partition coefficient (Wildman–Crippen LogP) is 17.4. The molecule has 0 saturated carbocycles. The Kier molecular flexibility index (Phi) is 10.3. The summed E-state index contributed by atoms with van der Waals surface area (Å²) in [5.74, 6) is 0.925. The molecule has 0 spiro atoms. The molecule has 0 radical (unpaired) electrons. The van der Waals surface area contributed by atoms with Crippen LogP contribution >= 0.6 is 0 Å². The second-order valence-corrected chi connectivity index (χ2v) is 21.7. The molecule has 0 fully saturated rings. The summed E-state index contributed by atoms with van der Waals surface area (Å²) < 4.78 is 8.79. The lowest BCUT2D eigenvalue weighted by Gasteiger charge is -2.28. The van der Waals surface area contributed by atoms with Gasteiger partial charge in [0.15, 0.2) is 5.58 Å². The number of benzene rings is 8. The van der Waals surface area contributed by atoms with Crippen LogP contribution in [0.25, 0.3) is 105 Å². The third-order valence-electron chi connectivity index (χ3n) is 13.8. The number of pyridine rings is 1. The Labute approximate surface area is 404 Å². The molecule has 0 atom stereocenters. The number of rotatable bonds is 6. The zero-order valence-electron chi connectivity index (χ0n) is 40.9. The number of fused-ring (bicyclic) bond motifs is 6. The molecule has 0 aliphatic heterocycles. The average Bonchev–Trinajstić information content (AvgIpc) is 3.92. The molecule has 1 N–H and O–H groups in total. The third-order valence-corrected chi connectivity index (χ3v) is 13.8. The Morgan fingerprint density at radius 2 is 1.14 bits per heavy atom. The van der Waals surface area contributed by atoms with Gasteiger partial charge in [-0.15, -0.1) is 0 Å². The van der Waals surface area contributed by atoms with Crippen LogP contribution in [-0.4, -0.2) is 19.6 Å². The van der Waals surface area contributed by atoms with Gasteiger partial charge in [-0.05, 0) is 110 Å². The van der Waals surface area contributed by atoms with Gasteiger partial charge in [0.2, 0.25) is 0 Å². The molecular formula is C64H57N3O2. The lowest BCUT2D eigenvalue weighted by molar-refractivity contribution is 0.446. The van der Waals surface area contributed by atoms with E-state index in [4.69, 9.17) is 14.4 Å². The first-order valence-corrected chi connectivity index (χ1v) is 24.0. The number of furan rings is 1. The molecule has 0 bridgehead atoms. The van der Waals surface area contributed by atoms with E-state index >= 15 is 0 Å². The van der Waals surface area contributed by atoms with Gasteiger partial charge in [-0.2, -0.15) is 0 Å². The largest absolute Gasteiger partial charge is 0.507 e. The number of phenols is 1. The Morgan fingerprint density at radius 1 is 0.478 bits per heavy atom. The van der Waals surface area contributed by atoms with Gasteiger partial charge in [-0.3, -0.25) is 9.55 Å². The van der Waals surface area contributed by atoms with Crippen molar-refractivity contribution in [3.05, 3.63) is 193 Å². The van der Waals surface area contributed by atoms with E-state index in [1.807, 2.05) is 6.20 Å². The Bertz CT molecular complexity index is 3780. The standard InChI is InChI=1S/C64H57N3O2/c1-62(2,3)45-28-30-55(50(34-45)40-21-14-11-15-22-40)67-56-26-18-25-47(58(56)66-61(67)52-35-46(63(4,5)6)36-53(59(52)68)64(7,8)9)43-31-42(39-19-12-10-13-20-39)32-44(33-43)54-37-51-49-29-27-41-23-16-17-24-48(41)60(49)69-57(51)38-65-54/h10-38,68H,1-9H3. The minimum Gasteiger partial charge on any atom is -0.507 e. The molecule has 5 heteroatoms. The fourth-order valence-corrected chi connectivity index (χ4v) is 9.91. The lowest BCUT2D eigenvalue weighted by atomic mass is 9.79. The van der Waals surface area contributed by atoms with Crippen LogP contribution in [0.5, 0.6) is 5.75 Å². The van der Waals surface area contributed by atoms with Crippen LogP contribution in [0.3, 0.4) is 0 Å². The molecule has 0 unspecified atom stereocenters. The van der Waals surface area contributed by atoms with Crippen LogP contribution in [-0.2, 0) is 16.2 Å². The van der Waals surface area contributed by atoms with Gasteiger partial charge in [-0.25, -0.2) is 4.98 Å². The van der Waals surface area contributed by atoms with Crippen molar-refractivity contribution < 1.29 is 9.52 Å². The second-order valence-electron chi connectivity index (χ2n) is 21.7. The zero-order chi connectivity index (χ0) is 48.0. The normalized spacial score (nSPS) is 12.5. The number of aromatic hydroxyl groups is 1. The van der Waals surface area contributed by atoms with Gasteiger partial charge in [0, 0.05) is 38.4 Å². The minimum atomic E-state index is -0.340. The van der Waals surface area contributed by atoms with Crippen LogP contribution in [0.1, 0.15) is 79.0 Å². The first-order valence-electron chi connectivity index (χ1n) is 24.0. The number of phenolic OH excluding ortho intramolecular Hbond substituents is 1. The van der Waals surface area contributed by atoms with Gasteiger partial charge in [0.05, 0.1) is 34.2 Å². The molecule has 5 nitrogen and oxygen atoms in total. The van der Waals surface area contributed by atoms with E-state index in [0.29, 0.717) is 11.4 Å². The van der Waals surface area contributed by atoms with Gasteiger partial charge in [-0.1, -0.05) is 178 Å². The fraction of sp³-hybridized carbons (Fsp3) is 0.188. The van der Waals surface area contributed by atoms with E-state index in [0.717, 1.165) is 105 Å². The number of hydrogen-bond donors (Lipinski definition) is 1. The highest BCUT2D eigenvalue weighted by Gasteiger charge is 2.30. The maximum atomic E-state index is 12.6. The van der Waals surface area contributed by atoms with Crippen molar-refractivity contribution in [2.45, 2.75) is 78.6 Å². The average molecular weight is 900 g/mol. The van der Waals surface area contributed by atoms with Crippen molar-refractivity contribution in [1.29, 1.82) is 0 Å². The highest BCUT2D eigenvalue weighted by atomic mass is 16.3. The van der Waals surface area contributed by atoms with Gasteiger partial charge >= 0.3 is 0 Å². The summed E-state index contributed by atoms with van der Waals surface area (Å²) in [5, 5.41) is 16.9. The topological polar surface area (TPSA) is 64.1 Å². The van der Waals surface area contributed by atoms with E-state index in [1.165, 1.54) is 5.56 Å². The number of aromatic nitrogens is 3. The highest BCUT2D eigenvalue weighted by molar-refractivity contribution is 6.15. The summed E-state index contributed by atoms with van der Waals surface area (Å²) in [7, 11) is 0. The summed E-state index contributed by atoms with van der Waals surface area (Å²) in [6.45, 7) is 20.0. The summed E-state index contributed by atoms with van der Waals surface area (Å²) in [6.07, 6.45) is 1.86. The highest BCUT2D eigenvalue weighted by Crippen LogP contribution is 2.46. The van der Waals surface area contributed by atoms with Crippen molar-refractivity contribution >= 4 is 43.7 Å². The van der Waals surface area contributed by atoms with Crippen molar-refractivity contribution in [2.75, 3.05) is 0 Å². The van der Waals surface area contributed by atoms with E-state index in [1.54, 1.807) is 0 Å². The molecule has 69 heavy (non-hydrogen) atoms. The smallest absolute Gasteiger partial charge is 0.153 e. The van der Waals surface area contributed by atoms with Crippen molar-refractivity contribution in [1.82, 2.24) is 14.5 Å². The summed E-state index contributed by atoms with van der Waals surface area (Å²) >= 11 is 0. The lowest BCUT2D eigenvalue weighted by Crippen LogP contribution is -2.17. The van der Waals surface area contributed by atoms with Gasteiger partial charge in [0.1, 0.15) is 17.2 Å². The monoisotopic (exact) mass is 899 g/mol. The number of para-hydroxylation sites is 1. The van der Waals surface area contributed by atoms with Crippen LogP contribution in [0.15, 0.2) is 180 Å². The van der Waals surface area contributed by atoms with Crippen LogP contribution < -0.4 is 0 Å². The Morgan fingerprint density at radius 3 is 1.87 bits per heavy atom. The zero-order valence-corrected chi connectivity index (χ0v) is 40.9. The molecule has 0 aliphatic carbocycles. The number of hydrogen-bond acceptors (Lipinski definition) is 4. The van der Waals surface area contributed by atoms with Crippen molar-refractivity contribution in [2.24, 2.45) is 0 Å². The first-order chi connectivity index (χ1) is 33.0. The van der Waals surface area contributed by atoms with Crippen molar-refractivity contribution in [3.63, 3.8) is 0 Å². The predicted molar refractivity (Wildman–Crippen MR) is 289 cm³/mol. The molecule has 11 aromatic rings. The first kappa shape index (κ1) is 43.8. The van der Waals surface area contributed by atoms with Gasteiger partial charge < -0.3 is 9.52 Å². The number of nitrogens with zero attached hydrogens (tertiary/aromatic N) is 3.